The molecule has 0 aromatic carbocycles. The number of amides is 1. The molecule has 62 valence electrons. The average molecular weight is 155 g/mol. The molecule has 3 nitrogen and oxygen atoms in total. The van der Waals surface area contributed by atoms with Gasteiger partial charge in [0.15, 0.2) is 0 Å². The molecule has 1 amide bonds. The molecule has 1 aliphatic heterocycles. The first-order chi connectivity index (χ1) is 5.25. The lowest BCUT2D eigenvalue weighted by atomic mass is 10.1. The second kappa shape index (κ2) is 3.42. The second-order valence-corrected chi connectivity index (χ2v) is 2.68. The van der Waals surface area contributed by atoms with Gasteiger partial charge in [-0.2, -0.15) is 0 Å². The zero-order valence-electron chi connectivity index (χ0n) is 6.91. The van der Waals surface area contributed by atoms with Crippen molar-refractivity contribution in [1.82, 2.24) is 4.90 Å². The lowest BCUT2D eigenvalue weighted by Gasteiger charge is -2.28. The van der Waals surface area contributed by atoms with Crippen molar-refractivity contribution in [3.63, 3.8) is 0 Å². The zero-order valence-corrected chi connectivity index (χ0v) is 6.91. The van der Waals surface area contributed by atoms with Gasteiger partial charge >= 0.3 is 6.09 Å². The van der Waals surface area contributed by atoms with Crippen LogP contribution in [0.1, 0.15) is 13.3 Å². The Morgan fingerprint density at radius 2 is 2.36 bits per heavy atom. The van der Waals surface area contributed by atoms with Crippen LogP contribution >= 0.6 is 0 Å². The van der Waals surface area contributed by atoms with E-state index in [0.29, 0.717) is 6.54 Å². The van der Waals surface area contributed by atoms with Gasteiger partial charge in [-0.05, 0) is 13.3 Å². The van der Waals surface area contributed by atoms with Crippen molar-refractivity contribution in [2.45, 2.75) is 19.4 Å². The highest BCUT2D eigenvalue weighted by molar-refractivity contribution is 5.68. The molecule has 1 atom stereocenters. The Labute approximate surface area is 66.6 Å². The highest BCUT2D eigenvalue weighted by atomic mass is 16.5. The van der Waals surface area contributed by atoms with E-state index in [-0.39, 0.29) is 12.1 Å². The van der Waals surface area contributed by atoms with Gasteiger partial charge < -0.3 is 9.64 Å². The maximum atomic E-state index is 11.0. The molecule has 11 heavy (non-hydrogen) atoms. The summed E-state index contributed by atoms with van der Waals surface area (Å²) in [6, 6.07) is 0.271. The SMILES string of the molecule is COC(=O)N1CC=CCC1C. The third-order valence-corrected chi connectivity index (χ3v) is 1.89. The molecule has 0 aliphatic carbocycles. The first-order valence-electron chi connectivity index (χ1n) is 3.75. The fourth-order valence-electron chi connectivity index (χ4n) is 1.16. The molecule has 1 unspecified atom stereocenters. The van der Waals surface area contributed by atoms with E-state index >= 15 is 0 Å². The molecule has 0 bridgehead atoms. The fourth-order valence-corrected chi connectivity index (χ4v) is 1.16. The molecular formula is C8H13NO2. The summed E-state index contributed by atoms with van der Waals surface area (Å²) in [6.07, 6.45) is 4.76. The first kappa shape index (κ1) is 8.11. The molecule has 1 rings (SSSR count). The first-order valence-corrected chi connectivity index (χ1v) is 3.75. The van der Waals surface area contributed by atoms with E-state index in [4.69, 9.17) is 0 Å². The Balaban J connectivity index is 2.56. The van der Waals surface area contributed by atoms with Crippen LogP contribution in [-0.4, -0.2) is 30.7 Å². The molecule has 0 saturated carbocycles. The van der Waals surface area contributed by atoms with Crippen LogP contribution in [-0.2, 0) is 4.74 Å². The number of hydrogen-bond donors (Lipinski definition) is 0. The van der Waals surface area contributed by atoms with Crippen molar-refractivity contribution in [3.8, 4) is 0 Å². The van der Waals surface area contributed by atoms with Gasteiger partial charge in [0.1, 0.15) is 0 Å². The van der Waals surface area contributed by atoms with Gasteiger partial charge in [-0.25, -0.2) is 4.79 Å². The number of nitrogens with zero attached hydrogens (tertiary/aromatic N) is 1. The van der Waals surface area contributed by atoms with Gasteiger partial charge in [0, 0.05) is 12.6 Å². The molecule has 0 N–H and O–H groups in total. The summed E-state index contributed by atoms with van der Waals surface area (Å²) in [5.74, 6) is 0. The minimum atomic E-state index is -0.234. The van der Waals surface area contributed by atoms with E-state index < -0.39 is 0 Å². The summed E-state index contributed by atoms with van der Waals surface area (Å²) in [4.78, 5) is 12.8. The summed E-state index contributed by atoms with van der Waals surface area (Å²) in [5.41, 5.74) is 0. The lowest BCUT2D eigenvalue weighted by Crippen LogP contribution is -2.40. The van der Waals surface area contributed by atoms with Crippen LogP contribution in [0.5, 0.6) is 0 Å². The molecule has 0 saturated heterocycles. The summed E-state index contributed by atoms with van der Waals surface area (Å²) < 4.78 is 4.61. The minimum Gasteiger partial charge on any atom is -0.453 e. The van der Waals surface area contributed by atoms with Gasteiger partial charge in [-0.15, -0.1) is 0 Å². The Kier molecular flexibility index (Phi) is 2.52. The number of rotatable bonds is 0. The molecule has 3 heteroatoms. The molecule has 0 spiro atoms. The van der Waals surface area contributed by atoms with E-state index in [9.17, 15) is 4.79 Å². The average Bonchev–Trinajstić information content (AvgIpc) is 2.04. The maximum Gasteiger partial charge on any atom is 0.410 e. The van der Waals surface area contributed by atoms with Crippen molar-refractivity contribution in [3.05, 3.63) is 12.2 Å². The van der Waals surface area contributed by atoms with Crippen LogP contribution in [0.15, 0.2) is 12.2 Å². The summed E-state index contributed by atoms with van der Waals surface area (Å²) in [5, 5.41) is 0. The highest BCUT2D eigenvalue weighted by Crippen LogP contribution is 2.10. The lowest BCUT2D eigenvalue weighted by molar-refractivity contribution is 0.112. The predicted molar refractivity (Wildman–Crippen MR) is 42.3 cm³/mol. The predicted octanol–water partition coefficient (Wildman–Crippen LogP) is 1.40. The van der Waals surface area contributed by atoms with Crippen LogP contribution in [0.2, 0.25) is 0 Å². The number of carbonyl (C=O) groups excluding carboxylic acids is 1. The van der Waals surface area contributed by atoms with Gasteiger partial charge in [0.2, 0.25) is 0 Å². The Bertz CT molecular complexity index is 177. The zero-order chi connectivity index (χ0) is 8.27. The normalized spacial score (nSPS) is 23.5. The van der Waals surface area contributed by atoms with Crippen molar-refractivity contribution < 1.29 is 9.53 Å². The summed E-state index contributed by atoms with van der Waals surface area (Å²) >= 11 is 0. The van der Waals surface area contributed by atoms with Gasteiger partial charge in [0.25, 0.3) is 0 Å². The van der Waals surface area contributed by atoms with Crippen molar-refractivity contribution in [2.24, 2.45) is 0 Å². The Morgan fingerprint density at radius 3 is 2.91 bits per heavy atom. The standard InChI is InChI=1S/C8H13NO2/c1-7-5-3-4-6-9(7)8(10)11-2/h3-4,7H,5-6H2,1-2H3. The monoisotopic (exact) mass is 155 g/mol. The second-order valence-electron chi connectivity index (χ2n) is 2.68. The Hall–Kier alpha value is -0.990. The minimum absolute atomic E-state index is 0.234. The molecule has 1 heterocycles. The van der Waals surface area contributed by atoms with Crippen LogP contribution in [0.25, 0.3) is 0 Å². The largest absolute Gasteiger partial charge is 0.453 e. The molecule has 0 aromatic rings. The Morgan fingerprint density at radius 1 is 1.64 bits per heavy atom. The van der Waals surface area contributed by atoms with Crippen molar-refractivity contribution in [2.75, 3.05) is 13.7 Å². The van der Waals surface area contributed by atoms with Crippen molar-refractivity contribution in [1.29, 1.82) is 0 Å². The van der Waals surface area contributed by atoms with Crippen LogP contribution < -0.4 is 0 Å². The number of hydrogen-bond acceptors (Lipinski definition) is 2. The number of carbonyl (C=O) groups is 1. The summed E-state index contributed by atoms with van der Waals surface area (Å²) in [7, 11) is 1.41. The van der Waals surface area contributed by atoms with E-state index in [1.165, 1.54) is 7.11 Å². The van der Waals surface area contributed by atoms with E-state index in [1.54, 1.807) is 4.90 Å². The van der Waals surface area contributed by atoms with E-state index in [0.717, 1.165) is 6.42 Å². The molecule has 1 aliphatic rings. The van der Waals surface area contributed by atoms with Crippen LogP contribution in [0, 0.1) is 0 Å². The van der Waals surface area contributed by atoms with E-state index in [2.05, 4.69) is 10.8 Å². The van der Waals surface area contributed by atoms with Crippen molar-refractivity contribution >= 4 is 6.09 Å². The van der Waals surface area contributed by atoms with E-state index in [1.807, 2.05) is 13.0 Å². The quantitative estimate of drug-likeness (QED) is 0.495. The highest BCUT2D eigenvalue weighted by Gasteiger charge is 2.20. The fraction of sp³-hybridized carbons (Fsp3) is 0.625. The molecular weight excluding hydrogens is 142 g/mol. The molecule has 0 radical (unpaired) electrons. The number of methoxy groups -OCH3 is 1. The third kappa shape index (κ3) is 1.73. The maximum absolute atomic E-state index is 11.0. The molecule has 0 aromatic heterocycles. The topological polar surface area (TPSA) is 29.5 Å². The molecule has 0 fully saturated rings. The number of ether oxygens (including phenoxy) is 1. The van der Waals surface area contributed by atoms with Crippen LogP contribution in [0.3, 0.4) is 0 Å². The third-order valence-electron chi connectivity index (χ3n) is 1.89. The smallest absolute Gasteiger partial charge is 0.410 e. The van der Waals surface area contributed by atoms with Crippen LogP contribution in [0.4, 0.5) is 4.79 Å². The van der Waals surface area contributed by atoms with Gasteiger partial charge in [0.05, 0.1) is 7.11 Å². The summed E-state index contributed by atoms with van der Waals surface area (Å²) in [6.45, 7) is 2.69. The van der Waals surface area contributed by atoms with Gasteiger partial charge in [-0.1, -0.05) is 12.2 Å². The van der Waals surface area contributed by atoms with Gasteiger partial charge in [-0.3, -0.25) is 0 Å².